The molecule has 0 aliphatic rings. The third-order valence-corrected chi connectivity index (χ3v) is 4.51. The lowest BCUT2D eigenvalue weighted by atomic mass is 10.1. The number of halogens is 1. The Morgan fingerprint density at radius 2 is 1.96 bits per heavy atom. The number of rotatable bonds is 9. The zero-order valence-electron chi connectivity index (χ0n) is 16.5. The van der Waals surface area contributed by atoms with E-state index in [1.165, 1.54) is 22.0 Å². The number of furan rings is 1. The fourth-order valence-electron chi connectivity index (χ4n) is 3.07. The zero-order chi connectivity index (χ0) is 18.9. The summed E-state index contributed by atoms with van der Waals surface area (Å²) in [6, 6.07) is 10.3. The smallest absolute Gasteiger partial charge is 0.191 e. The van der Waals surface area contributed by atoms with Crippen molar-refractivity contribution in [2.24, 2.45) is 4.99 Å². The number of methoxy groups -OCH3 is 1. The van der Waals surface area contributed by atoms with Crippen LogP contribution in [0.5, 0.6) is 0 Å². The Bertz CT molecular complexity index is 859. The number of aryl methyl sites for hydroxylation is 1. The van der Waals surface area contributed by atoms with Crippen molar-refractivity contribution in [3.8, 4) is 0 Å². The van der Waals surface area contributed by atoms with Crippen molar-refractivity contribution in [3.05, 3.63) is 59.7 Å². The Kier molecular flexibility index (Phi) is 9.36. The van der Waals surface area contributed by atoms with E-state index in [-0.39, 0.29) is 24.0 Å². The van der Waals surface area contributed by atoms with Gasteiger partial charge in [-0.3, -0.25) is 4.99 Å². The number of fused-ring (bicyclic) bond motifs is 1. The van der Waals surface area contributed by atoms with Crippen LogP contribution in [0.1, 0.15) is 16.9 Å². The van der Waals surface area contributed by atoms with Gasteiger partial charge in [-0.2, -0.15) is 0 Å². The molecule has 0 atom stereocenters. The second kappa shape index (κ2) is 11.8. The minimum absolute atomic E-state index is 0. The standard InChI is InChI=1S/C21H28N4O2.HI/c1-16-5-3-7-19-17(15-25-20(16)19)8-10-22-21(24-12-14-26-2)23-11-9-18-6-4-13-27-18;/h3-7,13,15,25H,8-12,14H2,1-2H3,(H2,22,23,24);1H. The summed E-state index contributed by atoms with van der Waals surface area (Å²) in [6.45, 7) is 4.93. The highest BCUT2D eigenvalue weighted by Gasteiger charge is 2.06. The predicted molar refractivity (Wildman–Crippen MR) is 125 cm³/mol. The van der Waals surface area contributed by atoms with E-state index in [1.807, 2.05) is 12.1 Å². The Balaban J connectivity index is 0.00000280. The van der Waals surface area contributed by atoms with Gasteiger partial charge >= 0.3 is 0 Å². The van der Waals surface area contributed by atoms with Gasteiger partial charge in [-0.1, -0.05) is 18.2 Å². The Hall–Kier alpha value is -2.00. The monoisotopic (exact) mass is 496 g/mol. The predicted octanol–water partition coefficient (Wildman–Crippen LogP) is 3.65. The van der Waals surface area contributed by atoms with Gasteiger partial charge in [-0.25, -0.2) is 0 Å². The molecule has 0 radical (unpaired) electrons. The average Bonchev–Trinajstić information content (AvgIpc) is 3.32. The quantitative estimate of drug-likeness (QED) is 0.183. The Morgan fingerprint density at radius 1 is 1.14 bits per heavy atom. The molecule has 0 aliphatic heterocycles. The highest BCUT2D eigenvalue weighted by atomic mass is 127. The van der Waals surface area contributed by atoms with Gasteiger partial charge in [-0.05, 0) is 36.6 Å². The molecule has 0 amide bonds. The first-order valence-electron chi connectivity index (χ1n) is 9.37. The molecule has 0 unspecified atom stereocenters. The summed E-state index contributed by atoms with van der Waals surface area (Å²) in [7, 11) is 1.69. The molecular weight excluding hydrogens is 467 g/mol. The lowest BCUT2D eigenvalue weighted by Gasteiger charge is -2.12. The van der Waals surface area contributed by atoms with Gasteiger partial charge in [0.1, 0.15) is 5.76 Å². The van der Waals surface area contributed by atoms with Crippen molar-refractivity contribution >= 4 is 40.8 Å². The number of aromatic amines is 1. The molecule has 0 saturated carbocycles. The second-order valence-corrected chi connectivity index (χ2v) is 6.47. The lowest BCUT2D eigenvalue weighted by Crippen LogP contribution is -2.39. The SMILES string of the molecule is COCCN=C(NCCc1ccco1)NCCc1c[nH]c2c(C)cccc12.I. The maximum absolute atomic E-state index is 5.37. The van der Waals surface area contributed by atoms with E-state index < -0.39 is 0 Å². The van der Waals surface area contributed by atoms with E-state index >= 15 is 0 Å². The minimum atomic E-state index is 0. The molecule has 0 aliphatic carbocycles. The normalized spacial score (nSPS) is 11.4. The molecule has 6 nitrogen and oxygen atoms in total. The molecule has 2 heterocycles. The Labute approximate surface area is 183 Å². The summed E-state index contributed by atoms with van der Waals surface area (Å²) in [4.78, 5) is 7.94. The molecule has 0 saturated heterocycles. The largest absolute Gasteiger partial charge is 0.469 e. The Morgan fingerprint density at radius 3 is 2.71 bits per heavy atom. The topological polar surface area (TPSA) is 74.6 Å². The second-order valence-electron chi connectivity index (χ2n) is 6.47. The summed E-state index contributed by atoms with van der Waals surface area (Å²) >= 11 is 0. The van der Waals surface area contributed by atoms with Crippen molar-refractivity contribution in [3.63, 3.8) is 0 Å². The van der Waals surface area contributed by atoms with Crippen LogP contribution in [-0.2, 0) is 17.6 Å². The fourth-order valence-corrected chi connectivity index (χ4v) is 3.07. The molecule has 0 bridgehead atoms. The number of H-pyrrole nitrogens is 1. The van der Waals surface area contributed by atoms with E-state index in [4.69, 9.17) is 9.15 Å². The molecule has 0 fully saturated rings. The van der Waals surface area contributed by atoms with Crippen LogP contribution in [0.15, 0.2) is 52.2 Å². The van der Waals surface area contributed by atoms with Gasteiger partial charge in [0.25, 0.3) is 0 Å². The third kappa shape index (κ3) is 6.27. The maximum Gasteiger partial charge on any atom is 0.191 e. The van der Waals surface area contributed by atoms with Crippen LogP contribution < -0.4 is 10.6 Å². The number of ether oxygens (including phenoxy) is 1. The van der Waals surface area contributed by atoms with Gasteiger partial charge in [0.2, 0.25) is 0 Å². The van der Waals surface area contributed by atoms with Crippen molar-refractivity contribution in [2.45, 2.75) is 19.8 Å². The van der Waals surface area contributed by atoms with E-state index in [9.17, 15) is 0 Å². The number of nitrogens with zero attached hydrogens (tertiary/aromatic N) is 1. The summed E-state index contributed by atoms with van der Waals surface area (Å²) in [5.41, 5.74) is 3.80. The first kappa shape index (κ1) is 22.3. The fraction of sp³-hybridized carbons (Fsp3) is 0.381. The molecule has 3 rings (SSSR count). The number of benzene rings is 1. The van der Waals surface area contributed by atoms with Crippen LogP contribution in [0.3, 0.4) is 0 Å². The molecule has 28 heavy (non-hydrogen) atoms. The first-order chi connectivity index (χ1) is 13.3. The molecule has 152 valence electrons. The van der Waals surface area contributed by atoms with Crippen LogP contribution in [0.25, 0.3) is 10.9 Å². The number of para-hydroxylation sites is 1. The van der Waals surface area contributed by atoms with Gasteiger partial charge < -0.3 is 24.8 Å². The average molecular weight is 496 g/mol. The molecular formula is C21H29IN4O2. The van der Waals surface area contributed by atoms with Gasteiger partial charge in [0.05, 0.1) is 19.4 Å². The van der Waals surface area contributed by atoms with Crippen molar-refractivity contribution in [1.82, 2.24) is 15.6 Å². The van der Waals surface area contributed by atoms with E-state index in [0.29, 0.717) is 13.2 Å². The van der Waals surface area contributed by atoms with Crippen molar-refractivity contribution in [1.29, 1.82) is 0 Å². The van der Waals surface area contributed by atoms with Crippen molar-refractivity contribution in [2.75, 3.05) is 33.4 Å². The summed E-state index contributed by atoms with van der Waals surface area (Å²) in [5, 5.41) is 8.07. The van der Waals surface area contributed by atoms with Crippen LogP contribution in [-0.4, -0.2) is 44.3 Å². The number of guanidine groups is 1. The third-order valence-electron chi connectivity index (χ3n) is 4.51. The van der Waals surface area contributed by atoms with E-state index in [0.717, 1.165) is 37.7 Å². The van der Waals surface area contributed by atoms with Gasteiger partial charge in [0, 0.05) is 43.7 Å². The zero-order valence-corrected chi connectivity index (χ0v) is 18.8. The van der Waals surface area contributed by atoms with E-state index in [2.05, 4.69) is 51.9 Å². The van der Waals surface area contributed by atoms with Gasteiger partial charge in [0.15, 0.2) is 5.96 Å². The highest BCUT2D eigenvalue weighted by Crippen LogP contribution is 2.21. The van der Waals surface area contributed by atoms with Crippen LogP contribution in [0.4, 0.5) is 0 Å². The molecule has 3 aromatic rings. The summed E-state index contributed by atoms with van der Waals surface area (Å²) in [5.74, 6) is 1.77. The molecule has 2 aromatic heterocycles. The number of aromatic nitrogens is 1. The molecule has 0 spiro atoms. The molecule has 7 heteroatoms. The lowest BCUT2D eigenvalue weighted by molar-refractivity contribution is 0.208. The minimum Gasteiger partial charge on any atom is -0.469 e. The molecule has 3 N–H and O–H groups in total. The number of hydrogen-bond acceptors (Lipinski definition) is 3. The van der Waals surface area contributed by atoms with Crippen LogP contribution >= 0.6 is 24.0 Å². The van der Waals surface area contributed by atoms with Crippen LogP contribution in [0, 0.1) is 6.92 Å². The first-order valence-corrected chi connectivity index (χ1v) is 9.37. The summed E-state index contributed by atoms with van der Waals surface area (Å²) in [6.07, 6.45) is 5.54. The molecule has 1 aromatic carbocycles. The maximum atomic E-state index is 5.37. The van der Waals surface area contributed by atoms with Crippen molar-refractivity contribution < 1.29 is 9.15 Å². The number of aliphatic imine (C=N–C) groups is 1. The van der Waals surface area contributed by atoms with E-state index in [1.54, 1.807) is 13.4 Å². The van der Waals surface area contributed by atoms with Gasteiger partial charge in [-0.15, -0.1) is 24.0 Å². The van der Waals surface area contributed by atoms with Crippen LogP contribution in [0.2, 0.25) is 0 Å². The highest BCUT2D eigenvalue weighted by molar-refractivity contribution is 14.0. The number of hydrogen-bond donors (Lipinski definition) is 3. The number of nitrogens with one attached hydrogen (secondary N) is 3. The summed E-state index contributed by atoms with van der Waals surface area (Å²) < 4.78 is 10.5.